The molecule has 1 fully saturated rings. The van der Waals surface area contributed by atoms with E-state index in [9.17, 15) is 9.90 Å². The van der Waals surface area contributed by atoms with Gasteiger partial charge in [0.25, 0.3) is 0 Å². The molecule has 0 aliphatic heterocycles. The Bertz CT molecular complexity index is 441. The predicted molar refractivity (Wildman–Crippen MR) is 63.5 cm³/mol. The largest absolute Gasteiger partial charge is 0.478 e. The number of aromatic nitrogens is 1. The fourth-order valence-electron chi connectivity index (χ4n) is 1.88. The molecule has 1 aliphatic carbocycles. The van der Waals surface area contributed by atoms with E-state index in [0.717, 1.165) is 19.3 Å². The second-order valence-corrected chi connectivity index (χ2v) is 4.67. The van der Waals surface area contributed by atoms with Crippen LogP contribution in [0.2, 0.25) is 5.15 Å². The Morgan fingerprint density at radius 3 is 2.71 bits per heavy atom. The predicted octanol–water partition coefficient (Wildman–Crippen LogP) is 1.76. The van der Waals surface area contributed by atoms with Gasteiger partial charge in [-0.3, -0.25) is 0 Å². The first kappa shape index (κ1) is 12.1. The van der Waals surface area contributed by atoms with Gasteiger partial charge in [0, 0.05) is 0 Å². The highest BCUT2D eigenvalue weighted by Crippen LogP contribution is 2.34. The number of carboxylic acid groups (broad SMARTS) is 1. The van der Waals surface area contributed by atoms with E-state index in [1.807, 2.05) is 0 Å². The number of carbonyl (C=O) groups is 1. The van der Waals surface area contributed by atoms with Crippen molar-refractivity contribution in [3.05, 3.63) is 22.8 Å². The molecule has 1 aromatic rings. The van der Waals surface area contributed by atoms with E-state index in [-0.39, 0.29) is 22.9 Å². The molecule has 0 spiro atoms. The van der Waals surface area contributed by atoms with Crippen molar-refractivity contribution in [3.63, 3.8) is 0 Å². The Balaban J connectivity index is 2.23. The van der Waals surface area contributed by atoms with Gasteiger partial charge in [-0.25, -0.2) is 9.78 Å². The van der Waals surface area contributed by atoms with Gasteiger partial charge >= 0.3 is 5.97 Å². The van der Waals surface area contributed by atoms with E-state index < -0.39 is 5.97 Å². The number of hydrogen-bond donors (Lipinski definition) is 3. The van der Waals surface area contributed by atoms with Crippen LogP contribution < -0.4 is 5.32 Å². The Morgan fingerprint density at radius 1 is 1.53 bits per heavy atom. The first-order chi connectivity index (χ1) is 8.04. The third kappa shape index (κ3) is 2.50. The van der Waals surface area contributed by atoms with E-state index in [2.05, 4.69) is 10.3 Å². The van der Waals surface area contributed by atoms with Gasteiger partial charge in [-0.2, -0.15) is 0 Å². The van der Waals surface area contributed by atoms with Crippen molar-refractivity contribution < 1.29 is 15.0 Å². The van der Waals surface area contributed by atoms with Crippen molar-refractivity contribution >= 4 is 23.4 Å². The van der Waals surface area contributed by atoms with Crippen molar-refractivity contribution in [2.75, 3.05) is 11.9 Å². The lowest BCUT2D eigenvalue weighted by molar-refractivity contribution is 0.0696. The van der Waals surface area contributed by atoms with E-state index in [4.69, 9.17) is 16.7 Å². The highest BCUT2D eigenvalue weighted by molar-refractivity contribution is 6.29. The molecule has 0 bridgehead atoms. The van der Waals surface area contributed by atoms with Crippen LogP contribution in [0.25, 0.3) is 0 Å². The summed E-state index contributed by atoms with van der Waals surface area (Å²) < 4.78 is 0. The molecule has 92 valence electrons. The first-order valence-corrected chi connectivity index (χ1v) is 5.72. The van der Waals surface area contributed by atoms with Crippen molar-refractivity contribution in [1.29, 1.82) is 0 Å². The van der Waals surface area contributed by atoms with Crippen molar-refractivity contribution in [1.82, 2.24) is 4.98 Å². The molecule has 1 heterocycles. The van der Waals surface area contributed by atoms with E-state index in [1.54, 1.807) is 0 Å². The number of nitrogens with zero attached hydrogens (tertiary/aromatic N) is 1. The summed E-state index contributed by atoms with van der Waals surface area (Å²) in [6, 6.07) is 2.71. The van der Waals surface area contributed by atoms with Crippen LogP contribution in [-0.2, 0) is 0 Å². The maximum atomic E-state index is 10.9. The van der Waals surface area contributed by atoms with Crippen LogP contribution in [0.1, 0.15) is 29.6 Å². The lowest BCUT2D eigenvalue weighted by Gasteiger charge is -2.41. The third-order valence-electron chi connectivity index (χ3n) is 3.05. The molecule has 0 unspecified atom stereocenters. The first-order valence-electron chi connectivity index (χ1n) is 5.35. The molecule has 3 N–H and O–H groups in total. The van der Waals surface area contributed by atoms with Gasteiger partial charge in [0.1, 0.15) is 11.0 Å². The molecule has 2 rings (SSSR count). The molecule has 0 amide bonds. The quantitative estimate of drug-likeness (QED) is 0.715. The highest BCUT2D eigenvalue weighted by atomic mass is 35.5. The molecule has 0 aromatic carbocycles. The topological polar surface area (TPSA) is 82.5 Å². The van der Waals surface area contributed by atoms with Gasteiger partial charge in [-0.1, -0.05) is 11.6 Å². The molecular weight excluding hydrogens is 244 g/mol. The lowest BCUT2D eigenvalue weighted by Crippen LogP contribution is -2.48. The molecule has 5 nitrogen and oxygen atoms in total. The Labute approximate surface area is 103 Å². The standard InChI is InChI=1S/C11H13ClN2O3/c12-8-4-7(10(16)17)5-9(13-8)14-11(6-15)2-1-3-11/h4-5,15H,1-3,6H2,(H,13,14)(H,16,17). The maximum Gasteiger partial charge on any atom is 0.335 e. The van der Waals surface area contributed by atoms with Crippen molar-refractivity contribution in [3.8, 4) is 0 Å². The minimum absolute atomic E-state index is 0.00357. The Kier molecular flexibility index (Phi) is 3.22. The zero-order valence-electron chi connectivity index (χ0n) is 9.11. The van der Waals surface area contributed by atoms with Gasteiger partial charge in [0.05, 0.1) is 17.7 Å². The third-order valence-corrected chi connectivity index (χ3v) is 3.24. The summed E-state index contributed by atoms with van der Waals surface area (Å²) >= 11 is 5.75. The van der Waals surface area contributed by atoms with Crippen LogP contribution in [0.4, 0.5) is 5.82 Å². The van der Waals surface area contributed by atoms with Crippen LogP contribution in [-0.4, -0.2) is 33.3 Å². The summed E-state index contributed by atoms with van der Waals surface area (Å²) in [5, 5.41) is 21.4. The Hall–Kier alpha value is -1.33. The van der Waals surface area contributed by atoms with Gasteiger partial charge in [0.2, 0.25) is 0 Å². The van der Waals surface area contributed by atoms with Gasteiger partial charge < -0.3 is 15.5 Å². The van der Waals surface area contributed by atoms with Crippen LogP contribution >= 0.6 is 11.6 Å². The second-order valence-electron chi connectivity index (χ2n) is 4.29. The van der Waals surface area contributed by atoms with Crippen LogP contribution in [0.15, 0.2) is 12.1 Å². The smallest absolute Gasteiger partial charge is 0.335 e. The van der Waals surface area contributed by atoms with Crippen LogP contribution in [0, 0.1) is 0 Å². The molecular formula is C11H13ClN2O3. The zero-order valence-corrected chi connectivity index (χ0v) is 9.87. The normalized spacial score (nSPS) is 17.3. The highest BCUT2D eigenvalue weighted by Gasteiger charge is 2.36. The minimum atomic E-state index is -1.05. The summed E-state index contributed by atoms with van der Waals surface area (Å²) in [6.07, 6.45) is 2.74. The van der Waals surface area contributed by atoms with Gasteiger partial charge in [-0.15, -0.1) is 0 Å². The zero-order chi connectivity index (χ0) is 12.5. The summed E-state index contributed by atoms with van der Waals surface area (Å²) in [7, 11) is 0. The van der Waals surface area contributed by atoms with Crippen molar-refractivity contribution in [2.24, 2.45) is 0 Å². The molecule has 0 saturated heterocycles. The SMILES string of the molecule is O=C(O)c1cc(Cl)nc(NC2(CO)CCC2)c1. The fourth-order valence-corrected chi connectivity index (χ4v) is 2.09. The molecule has 0 radical (unpaired) electrons. The van der Waals surface area contributed by atoms with Gasteiger partial charge in [-0.05, 0) is 31.4 Å². The number of carboxylic acids is 1. The number of hydrogen-bond acceptors (Lipinski definition) is 4. The number of pyridine rings is 1. The molecule has 1 saturated carbocycles. The van der Waals surface area contributed by atoms with Crippen molar-refractivity contribution in [2.45, 2.75) is 24.8 Å². The molecule has 6 heteroatoms. The summed E-state index contributed by atoms with van der Waals surface area (Å²) in [5.41, 5.74) is -0.284. The van der Waals surface area contributed by atoms with E-state index in [1.165, 1.54) is 12.1 Å². The Morgan fingerprint density at radius 2 is 2.24 bits per heavy atom. The average Bonchev–Trinajstić information content (AvgIpc) is 2.22. The van der Waals surface area contributed by atoms with E-state index in [0.29, 0.717) is 5.82 Å². The second kappa shape index (κ2) is 4.50. The number of anilines is 1. The molecule has 0 atom stereocenters. The lowest BCUT2D eigenvalue weighted by atomic mass is 9.77. The fraction of sp³-hybridized carbons (Fsp3) is 0.455. The molecule has 1 aliphatic rings. The number of aromatic carboxylic acids is 1. The molecule has 1 aromatic heterocycles. The summed E-state index contributed by atoms with van der Waals surface area (Å²) in [5.74, 6) is -0.660. The molecule has 17 heavy (non-hydrogen) atoms. The van der Waals surface area contributed by atoms with Gasteiger partial charge in [0.15, 0.2) is 0 Å². The number of nitrogens with one attached hydrogen (secondary N) is 1. The number of halogens is 1. The minimum Gasteiger partial charge on any atom is -0.478 e. The summed E-state index contributed by atoms with van der Waals surface area (Å²) in [4.78, 5) is 14.9. The average molecular weight is 257 g/mol. The monoisotopic (exact) mass is 256 g/mol. The summed E-state index contributed by atoms with van der Waals surface area (Å²) in [6.45, 7) is 0.00357. The number of rotatable bonds is 4. The number of aliphatic hydroxyl groups excluding tert-OH is 1. The van der Waals surface area contributed by atoms with E-state index >= 15 is 0 Å². The number of aliphatic hydroxyl groups is 1. The van der Waals surface area contributed by atoms with Crippen LogP contribution in [0.3, 0.4) is 0 Å². The maximum absolute atomic E-state index is 10.9. The van der Waals surface area contributed by atoms with Crippen LogP contribution in [0.5, 0.6) is 0 Å².